The summed E-state index contributed by atoms with van der Waals surface area (Å²) >= 11 is 0. The van der Waals surface area contributed by atoms with E-state index in [1.54, 1.807) is 13.3 Å². The van der Waals surface area contributed by atoms with E-state index in [0.717, 1.165) is 61.2 Å². The van der Waals surface area contributed by atoms with E-state index in [-0.39, 0.29) is 11.9 Å². The van der Waals surface area contributed by atoms with Gasteiger partial charge in [0.15, 0.2) is 0 Å². The fourth-order valence-electron chi connectivity index (χ4n) is 4.50. The number of hydrogen-bond donors (Lipinski definition) is 1. The van der Waals surface area contributed by atoms with Gasteiger partial charge in [0, 0.05) is 42.9 Å². The van der Waals surface area contributed by atoms with Crippen LogP contribution in [-0.4, -0.2) is 79.3 Å². The van der Waals surface area contributed by atoms with Crippen molar-refractivity contribution in [2.24, 2.45) is 4.99 Å². The van der Waals surface area contributed by atoms with Crippen LogP contribution >= 0.6 is 0 Å². The number of carbonyl (C=O) groups excluding carboxylic acids is 1. The van der Waals surface area contributed by atoms with Crippen molar-refractivity contribution in [3.63, 3.8) is 0 Å². The summed E-state index contributed by atoms with van der Waals surface area (Å²) in [6.07, 6.45) is 4.88. The Kier molecular flexibility index (Phi) is 5.94. The predicted octanol–water partition coefficient (Wildman–Crippen LogP) is 2.42. The van der Waals surface area contributed by atoms with Crippen molar-refractivity contribution < 1.29 is 9.53 Å². The van der Waals surface area contributed by atoms with Gasteiger partial charge in [0.05, 0.1) is 31.8 Å². The first-order valence-electron chi connectivity index (χ1n) is 10.3. The minimum absolute atomic E-state index is 0.221. The van der Waals surface area contributed by atoms with Crippen molar-refractivity contribution in [1.29, 1.82) is 0 Å². The molecule has 29 heavy (non-hydrogen) atoms. The summed E-state index contributed by atoms with van der Waals surface area (Å²) in [4.78, 5) is 25.4. The summed E-state index contributed by atoms with van der Waals surface area (Å²) in [7, 11) is 1.68. The molecule has 3 heterocycles. The number of likely N-dealkylation sites (tertiary alicyclic amines) is 2. The maximum atomic E-state index is 12.7. The van der Waals surface area contributed by atoms with Gasteiger partial charge in [0.2, 0.25) is 5.91 Å². The van der Waals surface area contributed by atoms with Crippen LogP contribution in [0.3, 0.4) is 0 Å². The number of fused-ring (bicyclic) bond motifs is 1. The van der Waals surface area contributed by atoms with E-state index in [1.807, 2.05) is 17.0 Å². The van der Waals surface area contributed by atoms with Crippen molar-refractivity contribution in [2.75, 3.05) is 45.2 Å². The van der Waals surface area contributed by atoms with Crippen molar-refractivity contribution in [2.45, 2.75) is 31.3 Å². The number of amides is 1. The first kappa shape index (κ1) is 19.6. The topological polar surface area (TPSA) is 70.1 Å². The second-order valence-corrected chi connectivity index (χ2v) is 7.90. The Labute approximate surface area is 171 Å². The van der Waals surface area contributed by atoms with Crippen molar-refractivity contribution in [3.05, 3.63) is 30.5 Å². The largest absolute Gasteiger partial charge is 0.496 e. The van der Waals surface area contributed by atoms with Gasteiger partial charge >= 0.3 is 0 Å². The smallest absolute Gasteiger partial charge is 0.237 e. The molecule has 1 aromatic heterocycles. The molecule has 0 radical (unpaired) electrons. The number of methoxy groups -OCH3 is 1. The van der Waals surface area contributed by atoms with Crippen LogP contribution in [0.4, 0.5) is 5.69 Å². The number of pyridine rings is 1. The Bertz CT molecular complexity index is 887. The van der Waals surface area contributed by atoms with E-state index in [1.165, 1.54) is 0 Å². The molecule has 0 spiro atoms. The minimum atomic E-state index is 0.221. The van der Waals surface area contributed by atoms with Crippen LogP contribution in [0.5, 0.6) is 5.75 Å². The molecule has 2 saturated heterocycles. The van der Waals surface area contributed by atoms with Gasteiger partial charge in [-0.1, -0.05) is 0 Å². The molecule has 1 amide bonds. The number of hydrogen-bond acceptors (Lipinski definition) is 6. The zero-order chi connectivity index (χ0) is 20.2. The van der Waals surface area contributed by atoms with Crippen molar-refractivity contribution in [3.8, 4) is 5.75 Å². The van der Waals surface area contributed by atoms with Gasteiger partial charge < -0.3 is 15.0 Å². The Morgan fingerprint density at radius 3 is 3.07 bits per heavy atom. The molecule has 7 nitrogen and oxygen atoms in total. The first-order chi connectivity index (χ1) is 14.2. The van der Waals surface area contributed by atoms with Crippen LogP contribution in [0, 0.1) is 0 Å². The van der Waals surface area contributed by atoms with Crippen LogP contribution in [0.1, 0.15) is 19.3 Å². The van der Waals surface area contributed by atoms with E-state index in [2.05, 4.69) is 39.0 Å². The molecule has 2 fully saturated rings. The lowest BCUT2D eigenvalue weighted by molar-refractivity contribution is -0.132. The van der Waals surface area contributed by atoms with Gasteiger partial charge in [-0.3, -0.25) is 19.7 Å². The van der Waals surface area contributed by atoms with Gasteiger partial charge in [-0.2, -0.15) is 0 Å². The quantitative estimate of drug-likeness (QED) is 0.729. The fourth-order valence-corrected chi connectivity index (χ4v) is 4.50. The highest BCUT2D eigenvalue weighted by molar-refractivity contribution is 5.88. The zero-order valence-corrected chi connectivity index (χ0v) is 17.0. The third-order valence-corrected chi connectivity index (χ3v) is 5.96. The SMILES string of the molecule is C=NC[C@@H]1CCCN1C(=O)CN1CC[C@@H](Nc2ccc3nccc(OC)c3c2)C1. The van der Waals surface area contributed by atoms with Crippen molar-refractivity contribution >= 4 is 29.2 Å². The predicted molar refractivity (Wildman–Crippen MR) is 116 cm³/mol. The lowest BCUT2D eigenvalue weighted by Crippen LogP contribution is -2.43. The average Bonchev–Trinajstić information content (AvgIpc) is 3.37. The zero-order valence-electron chi connectivity index (χ0n) is 17.0. The third kappa shape index (κ3) is 4.34. The second-order valence-electron chi connectivity index (χ2n) is 7.90. The number of benzene rings is 1. The van der Waals surface area contributed by atoms with Crippen LogP contribution in [0.25, 0.3) is 10.9 Å². The monoisotopic (exact) mass is 395 g/mol. The molecular weight excluding hydrogens is 366 g/mol. The third-order valence-electron chi connectivity index (χ3n) is 5.96. The Hall–Kier alpha value is -2.67. The van der Waals surface area contributed by atoms with Crippen LogP contribution in [0.2, 0.25) is 0 Å². The number of rotatable bonds is 7. The highest BCUT2D eigenvalue weighted by atomic mass is 16.5. The fraction of sp³-hybridized carbons (Fsp3) is 0.500. The number of carbonyl (C=O) groups is 1. The molecule has 0 bridgehead atoms. The highest BCUT2D eigenvalue weighted by Gasteiger charge is 2.31. The molecule has 154 valence electrons. The van der Waals surface area contributed by atoms with Gasteiger partial charge in [0.25, 0.3) is 0 Å². The number of nitrogens with zero attached hydrogens (tertiary/aromatic N) is 4. The molecular formula is C22H29N5O2. The Balaban J connectivity index is 1.35. The Morgan fingerprint density at radius 2 is 2.24 bits per heavy atom. The molecule has 2 atom stereocenters. The van der Waals surface area contributed by atoms with E-state index < -0.39 is 0 Å². The standard InChI is InChI=1S/C22H29N5O2/c1-23-13-18-4-3-10-27(18)22(28)15-26-11-8-17(14-26)25-16-5-6-20-19(12-16)21(29-2)7-9-24-20/h5-7,9,12,17-18,25H,1,3-4,8,10-11,13-15H2,2H3/t17-,18+/m1/s1. The second kappa shape index (κ2) is 8.78. The summed E-state index contributed by atoms with van der Waals surface area (Å²) in [6, 6.07) is 8.59. The number of anilines is 1. The molecule has 2 aliphatic rings. The number of aromatic nitrogens is 1. The first-order valence-corrected chi connectivity index (χ1v) is 10.3. The van der Waals surface area contributed by atoms with E-state index in [4.69, 9.17) is 4.74 Å². The molecule has 4 rings (SSSR count). The maximum Gasteiger partial charge on any atom is 0.237 e. The molecule has 0 aliphatic carbocycles. The van der Waals surface area contributed by atoms with Crippen molar-refractivity contribution in [1.82, 2.24) is 14.8 Å². The van der Waals surface area contributed by atoms with Gasteiger partial charge in [0.1, 0.15) is 5.75 Å². The highest BCUT2D eigenvalue weighted by Crippen LogP contribution is 2.27. The van der Waals surface area contributed by atoms with Crippen LogP contribution in [0.15, 0.2) is 35.5 Å². The molecule has 7 heteroatoms. The minimum Gasteiger partial charge on any atom is -0.496 e. The summed E-state index contributed by atoms with van der Waals surface area (Å²) in [5, 5.41) is 4.61. The number of nitrogens with one attached hydrogen (secondary N) is 1. The van der Waals surface area contributed by atoms with Crippen LogP contribution < -0.4 is 10.1 Å². The van der Waals surface area contributed by atoms with Gasteiger partial charge in [-0.05, 0) is 50.2 Å². The number of ether oxygens (including phenoxy) is 1. The van der Waals surface area contributed by atoms with Gasteiger partial charge in [-0.25, -0.2) is 0 Å². The normalized spacial score (nSPS) is 22.2. The van der Waals surface area contributed by atoms with E-state index >= 15 is 0 Å². The molecule has 0 saturated carbocycles. The number of aliphatic imine (C=N–C) groups is 1. The summed E-state index contributed by atoms with van der Waals surface area (Å²) in [5.74, 6) is 1.05. The van der Waals surface area contributed by atoms with Gasteiger partial charge in [-0.15, -0.1) is 0 Å². The Morgan fingerprint density at radius 1 is 1.34 bits per heavy atom. The summed E-state index contributed by atoms with van der Waals surface area (Å²) in [6.45, 7) is 7.37. The lowest BCUT2D eigenvalue weighted by atomic mass is 10.1. The molecule has 1 aromatic carbocycles. The summed E-state index contributed by atoms with van der Waals surface area (Å²) in [5.41, 5.74) is 1.97. The molecule has 1 N–H and O–H groups in total. The van der Waals surface area contributed by atoms with Crippen LogP contribution in [-0.2, 0) is 4.79 Å². The van der Waals surface area contributed by atoms with E-state index in [0.29, 0.717) is 19.1 Å². The molecule has 2 aliphatic heterocycles. The summed E-state index contributed by atoms with van der Waals surface area (Å²) < 4.78 is 5.46. The molecule has 2 aromatic rings. The average molecular weight is 396 g/mol. The lowest BCUT2D eigenvalue weighted by Gasteiger charge is -2.26. The molecule has 0 unspecified atom stereocenters. The maximum absolute atomic E-state index is 12.7. The van der Waals surface area contributed by atoms with E-state index in [9.17, 15) is 4.79 Å².